The van der Waals surface area contributed by atoms with Crippen LogP contribution in [-0.4, -0.2) is 25.6 Å². The van der Waals surface area contributed by atoms with Gasteiger partial charge < -0.3 is 9.47 Å². The summed E-state index contributed by atoms with van der Waals surface area (Å²) in [5.41, 5.74) is 0.330. The van der Waals surface area contributed by atoms with Gasteiger partial charge in [0.2, 0.25) is 0 Å². The first-order chi connectivity index (χ1) is 10.1. The molecule has 21 heavy (non-hydrogen) atoms. The third-order valence-electron chi connectivity index (χ3n) is 4.24. The van der Waals surface area contributed by atoms with Crippen LogP contribution in [0.25, 0.3) is 0 Å². The molecule has 0 saturated heterocycles. The Balaban J connectivity index is 1.88. The van der Waals surface area contributed by atoms with E-state index in [0.717, 1.165) is 25.7 Å². The molecule has 0 bridgehead atoms. The molecule has 1 aromatic rings. The number of hydrogen-bond acceptors (Lipinski definition) is 3. The Hall–Kier alpha value is -1.42. The number of ether oxygens (including phenoxy) is 2. The molecule has 2 atom stereocenters. The highest BCUT2D eigenvalue weighted by Crippen LogP contribution is 2.28. The Labute approximate surface area is 125 Å². The average molecular weight is 294 g/mol. The third-order valence-corrected chi connectivity index (χ3v) is 4.24. The van der Waals surface area contributed by atoms with Crippen LogP contribution in [0.3, 0.4) is 0 Å². The van der Waals surface area contributed by atoms with Crippen molar-refractivity contribution in [2.24, 2.45) is 5.92 Å². The van der Waals surface area contributed by atoms with Crippen LogP contribution in [0, 0.1) is 11.7 Å². The molecule has 1 saturated carbocycles. The molecule has 0 aromatic heterocycles. The molecule has 0 radical (unpaired) electrons. The first-order valence-electron chi connectivity index (χ1n) is 7.62. The highest BCUT2D eigenvalue weighted by atomic mass is 19.1. The van der Waals surface area contributed by atoms with Crippen molar-refractivity contribution in [2.45, 2.75) is 45.1 Å². The summed E-state index contributed by atoms with van der Waals surface area (Å²) in [4.78, 5) is 12.1. The Kier molecular flexibility index (Phi) is 5.74. The Morgan fingerprint density at radius 3 is 2.86 bits per heavy atom. The van der Waals surface area contributed by atoms with Crippen molar-refractivity contribution in [3.8, 4) is 5.75 Å². The summed E-state index contributed by atoms with van der Waals surface area (Å²) in [6.07, 6.45) is 5.79. The van der Waals surface area contributed by atoms with Crippen LogP contribution in [0.1, 0.15) is 49.4 Å². The zero-order valence-electron chi connectivity index (χ0n) is 12.7. The van der Waals surface area contributed by atoms with Gasteiger partial charge in [0, 0.05) is 5.56 Å². The van der Waals surface area contributed by atoms with Gasteiger partial charge in [0.05, 0.1) is 13.2 Å². The van der Waals surface area contributed by atoms with Crippen LogP contribution >= 0.6 is 0 Å². The maximum Gasteiger partial charge on any atom is 0.188 e. The molecular weight excluding hydrogens is 271 g/mol. The molecule has 1 fully saturated rings. The normalized spacial score (nSPS) is 22.0. The van der Waals surface area contributed by atoms with Gasteiger partial charge in [-0.05, 0) is 37.0 Å². The van der Waals surface area contributed by atoms with Crippen LogP contribution in [0.2, 0.25) is 0 Å². The van der Waals surface area contributed by atoms with Gasteiger partial charge in [0.1, 0.15) is 6.61 Å². The zero-order valence-corrected chi connectivity index (χ0v) is 12.7. The smallest absolute Gasteiger partial charge is 0.188 e. The summed E-state index contributed by atoms with van der Waals surface area (Å²) in [7, 11) is 1.40. The summed E-state index contributed by atoms with van der Waals surface area (Å²) < 4.78 is 24.2. The number of Topliss-reactive ketones (excluding diaryl/α,β-unsaturated/α-hetero) is 1. The van der Waals surface area contributed by atoms with E-state index in [4.69, 9.17) is 9.47 Å². The molecule has 0 N–H and O–H groups in total. The second kappa shape index (κ2) is 7.55. The lowest BCUT2D eigenvalue weighted by molar-refractivity contribution is 0.0156. The fourth-order valence-corrected chi connectivity index (χ4v) is 2.88. The minimum Gasteiger partial charge on any atom is -0.494 e. The lowest BCUT2D eigenvalue weighted by Crippen LogP contribution is -2.25. The van der Waals surface area contributed by atoms with Crippen LogP contribution in [-0.2, 0) is 4.74 Å². The summed E-state index contributed by atoms with van der Waals surface area (Å²) in [6.45, 7) is 2.21. The van der Waals surface area contributed by atoms with Gasteiger partial charge in [-0.1, -0.05) is 26.2 Å². The zero-order chi connectivity index (χ0) is 15.2. The highest BCUT2D eigenvalue weighted by molar-refractivity contribution is 5.97. The molecule has 1 aliphatic rings. The van der Waals surface area contributed by atoms with Gasteiger partial charge in [-0.15, -0.1) is 0 Å². The summed E-state index contributed by atoms with van der Waals surface area (Å²) >= 11 is 0. The van der Waals surface area contributed by atoms with E-state index in [1.807, 2.05) is 0 Å². The Morgan fingerprint density at radius 2 is 2.19 bits per heavy atom. The fourth-order valence-electron chi connectivity index (χ4n) is 2.88. The summed E-state index contributed by atoms with van der Waals surface area (Å²) in [5.74, 6) is 0.144. The predicted molar refractivity (Wildman–Crippen MR) is 79.3 cm³/mol. The van der Waals surface area contributed by atoms with E-state index in [2.05, 4.69) is 6.92 Å². The highest BCUT2D eigenvalue weighted by Gasteiger charge is 2.22. The number of halogens is 1. The number of benzene rings is 1. The van der Waals surface area contributed by atoms with Crippen molar-refractivity contribution in [1.29, 1.82) is 0 Å². The van der Waals surface area contributed by atoms with E-state index in [0.29, 0.717) is 11.5 Å². The molecule has 116 valence electrons. The Morgan fingerprint density at radius 1 is 1.38 bits per heavy atom. The van der Waals surface area contributed by atoms with E-state index in [-0.39, 0.29) is 24.2 Å². The van der Waals surface area contributed by atoms with E-state index >= 15 is 0 Å². The molecule has 0 heterocycles. The largest absolute Gasteiger partial charge is 0.494 e. The quantitative estimate of drug-likeness (QED) is 0.744. The van der Waals surface area contributed by atoms with E-state index in [1.165, 1.54) is 25.7 Å². The lowest BCUT2D eigenvalue weighted by atomic mass is 9.85. The van der Waals surface area contributed by atoms with Crippen molar-refractivity contribution < 1.29 is 18.7 Å². The first-order valence-corrected chi connectivity index (χ1v) is 7.62. The second-order valence-corrected chi connectivity index (χ2v) is 5.65. The van der Waals surface area contributed by atoms with Crippen LogP contribution in [0.4, 0.5) is 4.39 Å². The molecule has 2 rings (SSSR count). The SMILES string of the molecule is CCC1CCCC(OCC(=O)c2ccc(OC)c(F)c2)C1. The molecule has 4 heteroatoms. The maximum absolute atomic E-state index is 13.6. The van der Waals surface area contributed by atoms with Gasteiger partial charge in [-0.25, -0.2) is 4.39 Å². The van der Waals surface area contributed by atoms with Gasteiger partial charge in [0.25, 0.3) is 0 Å². The van der Waals surface area contributed by atoms with Crippen LogP contribution in [0.15, 0.2) is 18.2 Å². The summed E-state index contributed by atoms with van der Waals surface area (Å²) in [6, 6.07) is 4.25. The van der Waals surface area contributed by atoms with Crippen molar-refractivity contribution in [1.82, 2.24) is 0 Å². The summed E-state index contributed by atoms with van der Waals surface area (Å²) in [5, 5.41) is 0. The minimum absolute atomic E-state index is 0.0207. The van der Waals surface area contributed by atoms with E-state index < -0.39 is 5.82 Å². The van der Waals surface area contributed by atoms with E-state index in [1.54, 1.807) is 6.07 Å². The number of carbonyl (C=O) groups is 1. The van der Waals surface area contributed by atoms with E-state index in [9.17, 15) is 9.18 Å². The van der Waals surface area contributed by atoms with Crippen molar-refractivity contribution in [2.75, 3.05) is 13.7 Å². The van der Waals surface area contributed by atoms with Gasteiger partial charge in [-0.3, -0.25) is 4.79 Å². The molecular formula is C17H23FO3. The minimum atomic E-state index is -0.521. The number of ketones is 1. The number of rotatable bonds is 6. The average Bonchev–Trinajstić information content (AvgIpc) is 2.52. The number of carbonyl (C=O) groups excluding carboxylic acids is 1. The molecule has 1 aliphatic carbocycles. The first kappa shape index (κ1) is 16.0. The predicted octanol–water partition coefficient (Wildman–Crippen LogP) is 4.00. The van der Waals surface area contributed by atoms with Gasteiger partial charge in [-0.2, -0.15) is 0 Å². The number of hydrogen-bond donors (Lipinski definition) is 0. The third kappa shape index (κ3) is 4.27. The molecule has 0 aliphatic heterocycles. The van der Waals surface area contributed by atoms with Gasteiger partial charge in [0.15, 0.2) is 17.3 Å². The lowest BCUT2D eigenvalue weighted by Gasteiger charge is -2.28. The molecule has 2 unspecified atom stereocenters. The molecule has 0 spiro atoms. The van der Waals surface area contributed by atoms with Gasteiger partial charge >= 0.3 is 0 Å². The topological polar surface area (TPSA) is 35.5 Å². The molecule has 0 amide bonds. The van der Waals surface area contributed by atoms with Crippen molar-refractivity contribution in [3.63, 3.8) is 0 Å². The molecule has 3 nitrogen and oxygen atoms in total. The van der Waals surface area contributed by atoms with Crippen LogP contribution in [0.5, 0.6) is 5.75 Å². The van der Waals surface area contributed by atoms with Crippen LogP contribution < -0.4 is 4.74 Å². The standard InChI is InChI=1S/C17H23FO3/c1-3-12-5-4-6-14(9-12)21-11-16(19)13-7-8-17(20-2)15(18)10-13/h7-8,10,12,14H,3-6,9,11H2,1-2H3. The monoisotopic (exact) mass is 294 g/mol. The second-order valence-electron chi connectivity index (χ2n) is 5.65. The van der Waals surface area contributed by atoms with Crippen molar-refractivity contribution >= 4 is 5.78 Å². The fraction of sp³-hybridized carbons (Fsp3) is 0.588. The Bertz CT molecular complexity index is 487. The van der Waals surface area contributed by atoms with Crippen molar-refractivity contribution in [3.05, 3.63) is 29.6 Å². The maximum atomic E-state index is 13.6. The number of methoxy groups -OCH3 is 1. The molecule has 1 aromatic carbocycles.